The van der Waals surface area contributed by atoms with Crippen molar-refractivity contribution in [2.24, 2.45) is 0 Å². The van der Waals surface area contributed by atoms with Crippen LogP contribution in [0.4, 0.5) is 4.79 Å². The number of hydrogen-bond donors (Lipinski definition) is 3. The fraction of sp³-hybridized carbons (Fsp3) is 0.588. The fourth-order valence-electron chi connectivity index (χ4n) is 2.61. The summed E-state index contributed by atoms with van der Waals surface area (Å²) in [6, 6.07) is 9.99. The maximum atomic E-state index is 12.0. The Hall–Kier alpha value is -1.59. The minimum Gasteiger partial charge on any atom is -0.388 e. The number of rotatable bonds is 6. The Morgan fingerprint density at radius 3 is 2.64 bits per heavy atom. The molecule has 22 heavy (non-hydrogen) atoms. The molecule has 1 aliphatic heterocycles. The average molecular weight is 306 g/mol. The number of hydrogen-bond acceptors (Lipinski definition) is 3. The number of ether oxygens (including phenoxy) is 1. The third-order valence-corrected chi connectivity index (χ3v) is 4.15. The molecule has 0 aromatic heterocycles. The predicted molar refractivity (Wildman–Crippen MR) is 85.8 cm³/mol. The third kappa shape index (κ3) is 5.31. The quantitative estimate of drug-likeness (QED) is 0.751. The van der Waals surface area contributed by atoms with Crippen LogP contribution in [-0.2, 0) is 11.2 Å². The predicted octanol–water partition coefficient (Wildman–Crippen LogP) is 1.85. The topological polar surface area (TPSA) is 70.6 Å². The molecule has 122 valence electrons. The lowest BCUT2D eigenvalue weighted by Gasteiger charge is -2.32. The highest BCUT2D eigenvalue weighted by atomic mass is 16.5. The van der Waals surface area contributed by atoms with Gasteiger partial charge in [0.25, 0.3) is 0 Å². The minimum atomic E-state index is -0.837. The first-order valence-electron chi connectivity index (χ1n) is 8.00. The summed E-state index contributed by atoms with van der Waals surface area (Å²) in [6.45, 7) is 3.42. The van der Waals surface area contributed by atoms with Gasteiger partial charge in [-0.15, -0.1) is 0 Å². The van der Waals surface area contributed by atoms with Gasteiger partial charge in [-0.2, -0.15) is 0 Å². The molecule has 0 spiro atoms. The van der Waals surface area contributed by atoms with Crippen molar-refractivity contribution in [2.45, 2.75) is 44.2 Å². The molecule has 0 bridgehead atoms. The van der Waals surface area contributed by atoms with Crippen molar-refractivity contribution in [2.75, 3.05) is 19.8 Å². The second kappa shape index (κ2) is 8.15. The highest BCUT2D eigenvalue weighted by Gasteiger charge is 2.30. The minimum absolute atomic E-state index is 0.0896. The molecule has 1 aliphatic rings. The summed E-state index contributed by atoms with van der Waals surface area (Å²) in [4.78, 5) is 12.0. The monoisotopic (exact) mass is 306 g/mol. The van der Waals surface area contributed by atoms with Gasteiger partial charge in [-0.3, -0.25) is 0 Å². The van der Waals surface area contributed by atoms with Crippen LogP contribution in [0.15, 0.2) is 30.3 Å². The van der Waals surface area contributed by atoms with Gasteiger partial charge in [-0.25, -0.2) is 4.79 Å². The fourth-order valence-corrected chi connectivity index (χ4v) is 2.61. The van der Waals surface area contributed by atoms with E-state index in [1.54, 1.807) is 0 Å². The molecule has 1 unspecified atom stereocenters. The highest BCUT2D eigenvalue weighted by molar-refractivity contribution is 5.74. The Labute approximate surface area is 132 Å². The molecule has 1 heterocycles. The standard InChI is InChI=1S/C17H26N2O3/c1-2-15(12-14-6-4-3-5-7-14)19-16(20)18-13-17(21)8-10-22-11-9-17/h3-7,15,21H,2,8-13H2,1H3,(H2,18,19,20). The van der Waals surface area contributed by atoms with Crippen molar-refractivity contribution < 1.29 is 14.6 Å². The molecular weight excluding hydrogens is 280 g/mol. The van der Waals surface area contributed by atoms with Gasteiger partial charge in [0.1, 0.15) is 0 Å². The smallest absolute Gasteiger partial charge is 0.315 e. The number of amides is 2. The van der Waals surface area contributed by atoms with E-state index in [-0.39, 0.29) is 18.6 Å². The molecule has 2 rings (SSSR count). The van der Waals surface area contributed by atoms with Crippen LogP contribution in [-0.4, -0.2) is 42.5 Å². The van der Waals surface area contributed by atoms with E-state index in [0.717, 1.165) is 12.8 Å². The molecule has 5 heteroatoms. The Morgan fingerprint density at radius 1 is 1.32 bits per heavy atom. The Balaban J connectivity index is 1.77. The van der Waals surface area contributed by atoms with E-state index in [9.17, 15) is 9.90 Å². The number of nitrogens with one attached hydrogen (secondary N) is 2. The summed E-state index contributed by atoms with van der Waals surface area (Å²) < 4.78 is 5.23. The van der Waals surface area contributed by atoms with Gasteiger partial charge in [0.2, 0.25) is 0 Å². The van der Waals surface area contributed by atoms with E-state index in [1.165, 1.54) is 5.56 Å². The highest BCUT2D eigenvalue weighted by Crippen LogP contribution is 2.19. The number of carbonyl (C=O) groups is 1. The summed E-state index contributed by atoms with van der Waals surface area (Å²) in [7, 11) is 0. The summed E-state index contributed by atoms with van der Waals surface area (Å²) in [5.41, 5.74) is 0.370. The van der Waals surface area contributed by atoms with Gasteiger partial charge in [0.05, 0.1) is 5.60 Å². The molecule has 2 amide bonds. The van der Waals surface area contributed by atoms with Gasteiger partial charge in [0, 0.05) is 38.6 Å². The Bertz CT molecular complexity index is 458. The molecule has 1 saturated heterocycles. The van der Waals surface area contributed by atoms with Crippen molar-refractivity contribution >= 4 is 6.03 Å². The maximum Gasteiger partial charge on any atom is 0.315 e. The van der Waals surface area contributed by atoms with Gasteiger partial charge in [-0.05, 0) is 18.4 Å². The summed E-state index contributed by atoms with van der Waals surface area (Å²) in [5.74, 6) is 0. The molecule has 1 fully saturated rings. The van der Waals surface area contributed by atoms with Crippen molar-refractivity contribution in [1.29, 1.82) is 0 Å². The van der Waals surface area contributed by atoms with Crippen LogP contribution < -0.4 is 10.6 Å². The Kier molecular flexibility index (Phi) is 6.21. The summed E-state index contributed by atoms with van der Waals surface area (Å²) in [6.07, 6.45) is 2.80. The first-order chi connectivity index (χ1) is 10.6. The average Bonchev–Trinajstić information content (AvgIpc) is 2.54. The summed E-state index contributed by atoms with van der Waals surface area (Å²) >= 11 is 0. The molecular formula is C17H26N2O3. The van der Waals surface area contributed by atoms with Crippen molar-refractivity contribution in [3.05, 3.63) is 35.9 Å². The number of urea groups is 1. The van der Waals surface area contributed by atoms with Crippen LogP contribution in [0.2, 0.25) is 0 Å². The zero-order chi connectivity index (χ0) is 15.8. The molecule has 0 aliphatic carbocycles. The van der Waals surface area contributed by atoms with Crippen molar-refractivity contribution in [3.63, 3.8) is 0 Å². The van der Waals surface area contributed by atoms with Crippen LogP contribution in [0.3, 0.4) is 0 Å². The van der Waals surface area contributed by atoms with E-state index >= 15 is 0 Å². The second-order valence-corrected chi connectivity index (χ2v) is 5.96. The van der Waals surface area contributed by atoms with Gasteiger partial charge < -0.3 is 20.5 Å². The van der Waals surface area contributed by atoms with E-state index in [4.69, 9.17) is 4.74 Å². The second-order valence-electron chi connectivity index (χ2n) is 5.96. The lowest BCUT2D eigenvalue weighted by Crippen LogP contribution is -2.51. The lowest BCUT2D eigenvalue weighted by molar-refractivity contribution is -0.0600. The molecule has 0 saturated carbocycles. The number of aliphatic hydroxyl groups is 1. The van der Waals surface area contributed by atoms with Crippen molar-refractivity contribution in [1.82, 2.24) is 10.6 Å². The van der Waals surface area contributed by atoms with Crippen LogP contribution in [0.1, 0.15) is 31.7 Å². The normalized spacial score (nSPS) is 18.5. The van der Waals surface area contributed by atoms with Gasteiger partial charge >= 0.3 is 6.03 Å². The third-order valence-electron chi connectivity index (χ3n) is 4.15. The van der Waals surface area contributed by atoms with E-state index in [2.05, 4.69) is 29.7 Å². The van der Waals surface area contributed by atoms with E-state index in [1.807, 2.05) is 18.2 Å². The first kappa shape index (κ1) is 16.8. The maximum absolute atomic E-state index is 12.0. The largest absolute Gasteiger partial charge is 0.388 e. The SMILES string of the molecule is CCC(Cc1ccccc1)NC(=O)NCC1(O)CCOCC1. The molecule has 1 aromatic rings. The lowest BCUT2D eigenvalue weighted by atomic mass is 9.94. The number of benzene rings is 1. The van der Waals surface area contributed by atoms with E-state index in [0.29, 0.717) is 26.1 Å². The van der Waals surface area contributed by atoms with E-state index < -0.39 is 5.60 Å². The molecule has 5 nitrogen and oxygen atoms in total. The number of carbonyl (C=O) groups excluding carboxylic acids is 1. The first-order valence-corrected chi connectivity index (χ1v) is 8.00. The van der Waals surface area contributed by atoms with Crippen LogP contribution in [0.25, 0.3) is 0 Å². The summed E-state index contributed by atoms with van der Waals surface area (Å²) in [5, 5.41) is 16.1. The van der Waals surface area contributed by atoms with Crippen LogP contribution in [0.5, 0.6) is 0 Å². The molecule has 3 N–H and O–H groups in total. The van der Waals surface area contributed by atoms with Gasteiger partial charge in [0.15, 0.2) is 0 Å². The molecule has 1 aromatic carbocycles. The molecule has 0 radical (unpaired) electrons. The zero-order valence-corrected chi connectivity index (χ0v) is 13.2. The van der Waals surface area contributed by atoms with Crippen LogP contribution >= 0.6 is 0 Å². The zero-order valence-electron chi connectivity index (χ0n) is 13.2. The van der Waals surface area contributed by atoms with Crippen molar-refractivity contribution in [3.8, 4) is 0 Å². The van der Waals surface area contributed by atoms with Gasteiger partial charge in [-0.1, -0.05) is 37.3 Å². The van der Waals surface area contributed by atoms with Crippen LogP contribution in [0, 0.1) is 0 Å². The Morgan fingerprint density at radius 2 is 2.00 bits per heavy atom. The molecule has 1 atom stereocenters.